The second-order valence-electron chi connectivity index (χ2n) is 10.4. The number of halogens is 3. The first-order valence-corrected chi connectivity index (χ1v) is 15.9. The third kappa shape index (κ3) is 7.62. The highest BCUT2D eigenvalue weighted by atomic mass is 32.2. The smallest absolute Gasteiger partial charge is 0.490 e. The van der Waals surface area contributed by atoms with Crippen molar-refractivity contribution < 1.29 is 45.8 Å². The Hall–Kier alpha value is -5.19. The number of fused-ring (bicyclic) bond motifs is 1. The number of amides is 2. The molecule has 0 atom stereocenters. The van der Waals surface area contributed by atoms with Crippen LogP contribution in [0.1, 0.15) is 35.2 Å². The first-order chi connectivity index (χ1) is 22.1. The summed E-state index contributed by atoms with van der Waals surface area (Å²) < 4.78 is 65.4. The van der Waals surface area contributed by atoms with Crippen LogP contribution in [-0.4, -0.2) is 88.7 Å². The van der Waals surface area contributed by atoms with E-state index < -0.39 is 22.0 Å². The Bertz CT molecular complexity index is 1890. The minimum atomic E-state index is -5.08. The van der Waals surface area contributed by atoms with Gasteiger partial charge in [0.15, 0.2) is 14.9 Å². The van der Waals surface area contributed by atoms with E-state index in [-0.39, 0.29) is 22.5 Å². The third-order valence-electron chi connectivity index (χ3n) is 7.15. The summed E-state index contributed by atoms with van der Waals surface area (Å²) in [5.74, 6) is -1.72. The van der Waals surface area contributed by atoms with Crippen LogP contribution < -0.4 is 9.64 Å². The number of hydrogen-bond acceptors (Lipinski definition) is 8. The quantitative estimate of drug-likeness (QED) is 0.294. The molecule has 1 N–H and O–H groups in total. The van der Waals surface area contributed by atoms with Crippen molar-refractivity contribution in [3.05, 3.63) is 78.0 Å². The van der Waals surface area contributed by atoms with Gasteiger partial charge < -0.3 is 24.2 Å². The second kappa shape index (κ2) is 13.7. The number of carbonyl (C=O) groups is 3. The van der Waals surface area contributed by atoms with E-state index in [9.17, 15) is 31.2 Å². The van der Waals surface area contributed by atoms with Crippen LogP contribution in [0.25, 0.3) is 11.4 Å². The van der Waals surface area contributed by atoms with Crippen LogP contribution in [0, 0.1) is 0 Å². The van der Waals surface area contributed by atoms with E-state index in [2.05, 4.69) is 10.1 Å². The first kappa shape index (κ1) is 34.7. The molecule has 13 nitrogen and oxygen atoms in total. The van der Waals surface area contributed by atoms with Crippen molar-refractivity contribution in [2.75, 3.05) is 31.9 Å². The van der Waals surface area contributed by atoms with Crippen LogP contribution in [0.3, 0.4) is 0 Å². The highest BCUT2D eigenvalue weighted by molar-refractivity contribution is 7.90. The number of methoxy groups -OCH3 is 1. The molecule has 0 unspecified atom stereocenters. The van der Waals surface area contributed by atoms with E-state index in [1.165, 1.54) is 4.68 Å². The number of anilines is 1. The van der Waals surface area contributed by atoms with Gasteiger partial charge in [-0.3, -0.25) is 9.59 Å². The van der Waals surface area contributed by atoms with E-state index in [0.717, 1.165) is 11.9 Å². The molecule has 0 saturated heterocycles. The fourth-order valence-electron chi connectivity index (χ4n) is 4.83. The standard InChI is InChI=1S/C28H30N6O5S.C2HF3O2/c1-5-25(35)31(2)18-24-29-15-17-32(24)19-6-8-20(9-7-19)33-16-14-23-26(28(33)36)34(30-27(23)40(4,37)38)21-10-12-22(39-3)13-11-21;3-2(4,5)1(6)7/h6-13,15,17H,5,14,16,18H2,1-4H3;(H,6,7). The van der Waals surface area contributed by atoms with Crippen LogP contribution in [0.15, 0.2) is 66.0 Å². The molecule has 0 radical (unpaired) electrons. The first-order valence-electron chi connectivity index (χ1n) is 14.0. The second-order valence-corrected chi connectivity index (χ2v) is 12.3. The van der Waals surface area contributed by atoms with Crippen molar-refractivity contribution in [1.29, 1.82) is 0 Å². The van der Waals surface area contributed by atoms with Gasteiger partial charge in [0.1, 0.15) is 17.3 Å². The van der Waals surface area contributed by atoms with E-state index in [4.69, 9.17) is 14.6 Å². The molecule has 1 aliphatic heterocycles. The molecule has 1 aliphatic rings. The Balaban J connectivity index is 0.000000644. The number of carboxylic acids is 1. The summed E-state index contributed by atoms with van der Waals surface area (Å²) in [6.07, 6.45) is 0.283. The summed E-state index contributed by atoms with van der Waals surface area (Å²) in [4.78, 5) is 42.4. The summed E-state index contributed by atoms with van der Waals surface area (Å²) in [7, 11) is -0.361. The maximum atomic E-state index is 13.8. The van der Waals surface area contributed by atoms with Crippen LogP contribution in [0.5, 0.6) is 5.75 Å². The van der Waals surface area contributed by atoms with E-state index in [0.29, 0.717) is 54.4 Å². The maximum Gasteiger partial charge on any atom is 0.490 e. The Labute approximate surface area is 267 Å². The zero-order valence-corrected chi connectivity index (χ0v) is 26.5. The molecule has 0 aliphatic carbocycles. The molecule has 0 bridgehead atoms. The molecule has 0 saturated carbocycles. The molecule has 3 heterocycles. The van der Waals surface area contributed by atoms with Gasteiger partial charge in [0.05, 0.1) is 19.3 Å². The Morgan fingerprint density at radius 3 is 2.15 bits per heavy atom. The van der Waals surface area contributed by atoms with Gasteiger partial charge in [-0.05, 0) is 55.0 Å². The van der Waals surface area contributed by atoms with Crippen molar-refractivity contribution in [3.63, 3.8) is 0 Å². The molecule has 2 aromatic heterocycles. The SMILES string of the molecule is CCC(=O)N(C)Cc1nccn1-c1ccc(N2CCc3c(S(C)(=O)=O)nn(-c4ccc(OC)cc4)c3C2=O)cc1.O=C(O)C(F)(F)F. The molecule has 2 amide bonds. The van der Waals surface area contributed by atoms with E-state index >= 15 is 0 Å². The fraction of sp³-hybridized carbons (Fsp3) is 0.300. The van der Waals surface area contributed by atoms with Crippen LogP contribution >= 0.6 is 0 Å². The number of imidazole rings is 1. The Morgan fingerprint density at radius 1 is 1.04 bits per heavy atom. The van der Waals surface area contributed by atoms with Gasteiger partial charge in [0, 0.05) is 55.6 Å². The average molecular weight is 677 g/mol. The Morgan fingerprint density at radius 2 is 1.62 bits per heavy atom. The highest BCUT2D eigenvalue weighted by Gasteiger charge is 2.38. The summed E-state index contributed by atoms with van der Waals surface area (Å²) in [5, 5.41) is 11.4. The number of hydrogen-bond donors (Lipinski definition) is 1. The monoisotopic (exact) mass is 676 g/mol. The number of rotatable bonds is 8. The normalized spacial score (nSPS) is 13.0. The minimum Gasteiger partial charge on any atom is -0.497 e. The molecule has 5 rings (SSSR count). The molecule has 47 heavy (non-hydrogen) atoms. The van der Waals surface area contributed by atoms with E-state index in [1.807, 2.05) is 42.0 Å². The molecule has 4 aromatic rings. The number of aliphatic carboxylic acids is 1. The lowest BCUT2D eigenvalue weighted by Gasteiger charge is -2.28. The number of benzene rings is 2. The zero-order valence-electron chi connectivity index (χ0n) is 25.7. The van der Waals surface area contributed by atoms with Crippen molar-refractivity contribution >= 4 is 33.3 Å². The summed E-state index contributed by atoms with van der Waals surface area (Å²) >= 11 is 0. The van der Waals surface area contributed by atoms with Crippen molar-refractivity contribution in [2.24, 2.45) is 0 Å². The van der Waals surface area contributed by atoms with Crippen LogP contribution in [-0.2, 0) is 32.4 Å². The molecule has 0 fully saturated rings. The summed E-state index contributed by atoms with van der Waals surface area (Å²) in [5.41, 5.74) is 2.70. The van der Waals surface area contributed by atoms with Gasteiger partial charge in [-0.15, -0.1) is 0 Å². The molecule has 250 valence electrons. The van der Waals surface area contributed by atoms with Crippen molar-refractivity contribution in [1.82, 2.24) is 24.2 Å². The maximum absolute atomic E-state index is 13.8. The largest absolute Gasteiger partial charge is 0.497 e. The third-order valence-corrected chi connectivity index (χ3v) is 8.18. The topological polar surface area (TPSA) is 157 Å². The lowest BCUT2D eigenvalue weighted by atomic mass is 10.1. The lowest BCUT2D eigenvalue weighted by Crippen LogP contribution is -2.39. The zero-order chi connectivity index (χ0) is 34.7. The predicted molar refractivity (Wildman–Crippen MR) is 163 cm³/mol. The molecule has 17 heteroatoms. The Kier molecular flexibility index (Phi) is 10.1. The number of sulfone groups is 1. The summed E-state index contributed by atoms with van der Waals surface area (Å²) in [6.45, 7) is 2.50. The van der Waals surface area contributed by atoms with Gasteiger partial charge in [-0.2, -0.15) is 18.3 Å². The van der Waals surface area contributed by atoms with Crippen molar-refractivity contribution in [3.8, 4) is 17.1 Å². The van der Waals surface area contributed by atoms with Gasteiger partial charge in [0.2, 0.25) is 5.91 Å². The van der Waals surface area contributed by atoms with Gasteiger partial charge in [0.25, 0.3) is 5.91 Å². The van der Waals surface area contributed by atoms with Crippen molar-refractivity contribution in [2.45, 2.75) is 37.5 Å². The number of carbonyl (C=O) groups excluding carboxylic acids is 2. The molecular formula is C30H31F3N6O7S. The highest BCUT2D eigenvalue weighted by Crippen LogP contribution is 2.31. The number of ether oxygens (including phenoxy) is 1. The fourth-order valence-corrected chi connectivity index (χ4v) is 5.71. The number of carboxylic acid groups (broad SMARTS) is 1. The average Bonchev–Trinajstić information content (AvgIpc) is 3.66. The molecular weight excluding hydrogens is 645 g/mol. The number of alkyl halides is 3. The van der Waals surface area contributed by atoms with Crippen LogP contribution in [0.2, 0.25) is 0 Å². The van der Waals surface area contributed by atoms with Gasteiger partial charge in [-0.1, -0.05) is 6.92 Å². The molecule has 2 aromatic carbocycles. The minimum absolute atomic E-state index is 0.0285. The predicted octanol–water partition coefficient (Wildman–Crippen LogP) is 3.67. The lowest BCUT2D eigenvalue weighted by molar-refractivity contribution is -0.192. The molecule has 0 spiro atoms. The van der Waals surface area contributed by atoms with Crippen LogP contribution in [0.4, 0.5) is 18.9 Å². The van der Waals surface area contributed by atoms with Gasteiger partial charge in [-0.25, -0.2) is 22.9 Å². The summed E-state index contributed by atoms with van der Waals surface area (Å²) in [6, 6.07) is 14.4. The number of nitrogens with zero attached hydrogens (tertiary/aromatic N) is 6. The van der Waals surface area contributed by atoms with Gasteiger partial charge >= 0.3 is 12.1 Å². The van der Waals surface area contributed by atoms with E-state index in [1.54, 1.807) is 54.4 Å². The number of aromatic nitrogens is 4.